The topological polar surface area (TPSA) is 12.0 Å². The highest BCUT2D eigenvalue weighted by Gasteiger charge is 2.44. The zero-order chi connectivity index (χ0) is 8.32. The molecule has 1 aliphatic rings. The predicted octanol–water partition coefficient (Wildman–Crippen LogP) is 1.81. The molecular weight excluding hydrogens is 148 g/mol. The van der Waals surface area contributed by atoms with Gasteiger partial charge in [-0.05, 0) is 12.5 Å². The first-order chi connectivity index (χ1) is 5.14. The molecule has 3 heteroatoms. The van der Waals surface area contributed by atoms with Crippen LogP contribution in [0.5, 0.6) is 0 Å². The molecule has 64 valence electrons. The zero-order valence-electron chi connectivity index (χ0n) is 6.45. The average Bonchev–Trinajstić information content (AvgIpc) is 1.84. The van der Waals surface area contributed by atoms with E-state index < -0.39 is 5.92 Å². The molecular formula is C8H13F2N. The lowest BCUT2D eigenvalue weighted by molar-refractivity contribution is -0.108. The minimum absolute atomic E-state index is 0.0527. The van der Waals surface area contributed by atoms with Crippen LogP contribution in [0.2, 0.25) is 0 Å². The van der Waals surface area contributed by atoms with E-state index in [2.05, 4.69) is 11.9 Å². The van der Waals surface area contributed by atoms with Gasteiger partial charge in [0.25, 0.3) is 0 Å². The van der Waals surface area contributed by atoms with Gasteiger partial charge in [-0.1, -0.05) is 6.08 Å². The first-order valence-corrected chi connectivity index (χ1v) is 3.83. The second-order valence-corrected chi connectivity index (χ2v) is 3.08. The molecule has 0 heterocycles. The minimum atomic E-state index is -2.37. The zero-order valence-corrected chi connectivity index (χ0v) is 6.45. The molecule has 0 spiro atoms. The van der Waals surface area contributed by atoms with Crippen molar-refractivity contribution >= 4 is 0 Å². The molecule has 0 unspecified atom stereocenters. The Hall–Kier alpha value is -0.440. The van der Waals surface area contributed by atoms with Crippen LogP contribution in [0.15, 0.2) is 12.7 Å². The highest BCUT2D eigenvalue weighted by Crippen LogP contribution is 2.41. The molecule has 1 nitrogen and oxygen atoms in total. The summed E-state index contributed by atoms with van der Waals surface area (Å²) in [6.07, 6.45) is 1.84. The molecule has 1 rings (SSSR count). The number of nitrogens with one attached hydrogen (secondary N) is 1. The largest absolute Gasteiger partial charge is 0.313 e. The Morgan fingerprint density at radius 2 is 2.18 bits per heavy atom. The van der Waals surface area contributed by atoms with Crippen molar-refractivity contribution in [2.45, 2.75) is 18.8 Å². The number of alkyl halides is 2. The predicted molar refractivity (Wildman–Crippen MR) is 40.7 cm³/mol. The average molecular weight is 161 g/mol. The standard InChI is InChI=1S/C8H13F2N/c1-2-3-11-6-7-4-8(9,10)5-7/h2,7,11H,1,3-6H2. The fourth-order valence-corrected chi connectivity index (χ4v) is 1.32. The van der Waals surface area contributed by atoms with Crippen LogP contribution in [0.1, 0.15) is 12.8 Å². The maximum Gasteiger partial charge on any atom is 0.248 e. The van der Waals surface area contributed by atoms with Gasteiger partial charge in [-0.15, -0.1) is 6.58 Å². The Balaban J connectivity index is 2.00. The second kappa shape index (κ2) is 3.30. The Labute approximate surface area is 65.5 Å². The molecule has 1 saturated carbocycles. The first-order valence-electron chi connectivity index (χ1n) is 3.83. The summed E-state index contributed by atoms with van der Waals surface area (Å²) in [5, 5.41) is 3.02. The second-order valence-electron chi connectivity index (χ2n) is 3.08. The van der Waals surface area contributed by atoms with Crippen LogP contribution in [0.4, 0.5) is 8.78 Å². The normalized spacial score (nSPS) is 22.7. The van der Waals surface area contributed by atoms with Gasteiger partial charge in [-0.25, -0.2) is 8.78 Å². The van der Waals surface area contributed by atoms with Crippen LogP contribution in [0.25, 0.3) is 0 Å². The van der Waals surface area contributed by atoms with Gasteiger partial charge in [0.2, 0.25) is 5.92 Å². The van der Waals surface area contributed by atoms with Crippen LogP contribution in [-0.2, 0) is 0 Å². The van der Waals surface area contributed by atoms with Gasteiger partial charge in [0.05, 0.1) is 0 Å². The van der Waals surface area contributed by atoms with Gasteiger partial charge in [0, 0.05) is 19.4 Å². The molecule has 0 amide bonds. The summed E-state index contributed by atoms with van der Waals surface area (Å²) < 4.78 is 24.5. The molecule has 0 aromatic heterocycles. The van der Waals surface area contributed by atoms with Gasteiger partial charge in [-0.2, -0.15) is 0 Å². The molecule has 0 aromatic rings. The Kier molecular flexibility index (Phi) is 2.60. The van der Waals surface area contributed by atoms with E-state index in [1.54, 1.807) is 6.08 Å². The molecule has 0 atom stereocenters. The van der Waals surface area contributed by atoms with Crippen LogP contribution >= 0.6 is 0 Å². The molecule has 1 fully saturated rings. The molecule has 0 radical (unpaired) electrons. The molecule has 0 bridgehead atoms. The summed E-state index contributed by atoms with van der Waals surface area (Å²) in [5.74, 6) is -2.20. The van der Waals surface area contributed by atoms with E-state index in [1.807, 2.05) is 0 Å². The van der Waals surface area contributed by atoms with Gasteiger partial charge < -0.3 is 5.32 Å². The third-order valence-corrected chi connectivity index (χ3v) is 1.90. The lowest BCUT2D eigenvalue weighted by Crippen LogP contribution is -2.41. The summed E-state index contributed by atoms with van der Waals surface area (Å²) >= 11 is 0. The van der Waals surface area contributed by atoms with E-state index >= 15 is 0 Å². The molecule has 0 aromatic carbocycles. The maximum absolute atomic E-state index is 12.2. The number of hydrogen-bond acceptors (Lipinski definition) is 1. The van der Waals surface area contributed by atoms with E-state index in [4.69, 9.17) is 0 Å². The Morgan fingerprint density at radius 3 is 2.64 bits per heavy atom. The SMILES string of the molecule is C=CCNCC1CC(F)(F)C1. The first kappa shape index (κ1) is 8.65. The van der Waals surface area contributed by atoms with E-state index in [0.717, 1.165) is 0 Å². The summed E-state index contributed by atoms with van der Waals surface area (Å²) in [5.41, 5.74) is 0. The smallest absolute Gasteiger partial charge is 0.248 e. The maximum atomic E-state index is 12.2. The van der Waals surface area contributed by atoms with Crippen molar-refractivity contribution in [2.75, 3.05) is 13.1 Å². The number of hydrogen-bond donors (Lipinski definition) is 1. The lowest BCUT2D eigenvalue weighted by Gasteiger charge is -2.34. The van der Waals surface area contributed by atoms with Crippen LogP contribution in [0.3, 0.4) is 0 Å². The Morgan fingerprint density at radius 1 is 1.55 bits per heavy atom. The van der Waals surface area contributed by atoms with Gasteiger partial charge >= 0.3 is 0 Å². The molecule has 1 aliphatic carbocycles. The molecule has 0 saturated heterocycles. The highest BCUT2D eigenvalue weighted by molar-refractivity contribution is 4.87. The van der Waals surface area contributed by atoms with Crippen molar-refractivity contribution in [3.05, 3.63) is 12.7 Å². The van der Waals surface area contributed by atoms with Crippen molar-refractivity contribution in [3.8, 4) is 0 Å². The Bertz CT molecular complexity index is 137. The minimum Gasteiger partial charge on any atom is -0.313 e. The summed E-state index contributed by atoms with van der Waals surface area (Å²) in [7, 11) is 0. The van der Waals surface area contributed by atoms with Crippen molar-refractivity contribution in [1.82, 2.24) is 5.32 Å². The molecule has 11 heavy (non-hydrogen) atoms. The van der Waals surface area contributed by atoms with Crippen LogP contribution in [0, 0.1) is 5.92 Å². The van der Waals surface area contributed by atoms with E-state index in [-0.39, 0.29) is 18.8 Å². The molecule has 1 N–H and O–H groups in total. The van der Waals surface area contributed by atoms with Crippen LogP contribution in [-0.4, -0.2) is 19.0 Å². The summed E-state index contributed by atoms with van der Waals surface area (Å²) in [4.78, 5) is 0. The lowest BCUT2D eigenvalue weighted by atomic mass is 9.81. The van der Waals surface area contributed by atoms with Gasteiger partial charge in [0.1, 0.15) is 0 Å². The van der Waals surface area contributed by atoms with E-state index in [0.29, 0.717) is 13.1 Å². The van der Waals surface area contributed by atoms with E-state index in [1.165, 1.54) is 0 Å². The number of halogens is 2. The fraction of sp³-hybridized carbons (Fsp3) is 0.750. The van der Waals surface area contributed by atoms with Gasteiger partial charge in [0.15, 0.2) is 0 Å². The highest BCUT2D eigenvalue weighted by atomic mass is 19.3. The fourth-order valence-electron chi connectivity index (χ4n) is 1.32. The van der Waals surface area contributed by atoms with Gasteiger partial charge in [-0.3, -0.25) is 0 Å². The summed E-state index contributed by atoms with van der Waals surface area (Å²) in [6.45, 7) is 4.93. The monoisotopic (exact) mass is 161 g/mol. The third-order valence-electron chi connectivity index (χ3n) is 1.90. The quantitative estimate of drug-likeness (QED) is 0.489. The summed E-state index contributed by atoms with van der Waals surface area (Å²) in [6, 6.07) is 0. The third kappa shape index (κ3) is 2.58. The number of rotatable bonds is 4. The van der Waals surface area contributed by atoms with Crippen molar-refractivity contribution in [3.63, 3.8) is 0 Å². The van der Waals surface area contributed by atoms with Crippen molar-refractivity contribution < 1.29 is 8.78 Å². The van der Waals surface area contributed by atoms with Crippen molar-refractivity contribution in [1.29, 1.82) is 0 Å². The van der Waals surface area contributed by atoms with Crippen molar-refractivity contribution in [2.24, 2.45) is 5.92 Å². The van der Waals surface area contributed by atoms with Crippen LogP contribution < -0.4 is 5.32 Å². The van der Waals surface area contributed by atoms with E-state index in [9.17, 15) is 8.78 Å². The molecule has 0 aliphatic heterocycles.